The zero-order valence-electron chi connectivity index (χ0n) is 17.0. The summed E-state index contributed by atoms with van der Waals surface area (Å²) in [7, 11) is 2.04. The van der Waals surface area contributed by atoms with Crippen molar-refractivity contribution >= 4 is 34.2 Å². The smallest absolute Gasteiger partial charge is 0.343 e. The number of nitrogens with zero attached hydrogens (tertiary/aromatic N) is 5. The van der Waals surface area contributed by atoms with Crippen LogP contribution in [0.4, 0.5) is 10.2 Å². The lowest BCUT2D eigenvalue weighted by Gasteiger charge is -2.22. The van der Waals surface area contributed by atoms with E-state index < -0.39 is 17.2 Å². The van der Waals surface area contributed by atoms with Gasteiger partial charge in [-0.1, -0.05) is 6.08 Å². The molecule has 0 aromatic carbocycles. The number of aromatic nitrogens is 3. The normalized spacial score (nSPS) is 18.5. The monoisotopic (exact) mass is 441 g/mol. The average Bonchev–Trinajstić information content (AvgIpc) is 3.48. The molecule has 1 saturated heterocycles. The second kappa shape index (κ2) is 7.54. The van der Waals surface area contributed by atoms with Crippen LogP contribution in [0.2, 0.25) is 0 Å². The van der Waals surface area contributed by atoms with Crippen molar-refractivity contribution in [3.63, 3.8) is 0 Å². The van der Waals surface area contributed by atoms with E-state index in [1.165, 1.54) is 29.2 Å². The second-order valence-electron chi connectivity index (χ2n) is 7.56. The van der Waals surface area contributed by atoms with E-state index in [4.69, 9.17) is 4.74 Å². The van der Waals surface area contributed by atoms with E-state index in [2.05, 4.69) is 20.9 Å². The van der Waals surface area contributed by atoms with Crippen LogP contribution in [-0.4, -0.2) is 64.7 Å². The van der Waals surface area contributed by atoms with E-state index >= 15 is 4.39 Å². The van der Waals surface area contributed by atoms with Gasteiger partial charge < -0.3 is 9.64 Å². The van der Waals surface area contributed by atoms with Gasteiger partial charge in [0.2, 0.25) is 5.43 Å². The van der Waals surface area contributed by atoms with Crippen LogP contribution in [0.25, 0.3) is 16.2 Å². The number of pyridine rings is 2. The van der Waals surface area contributed by atoms with Gasteiger partial charge in [0.1, 0.15) is 5.56 Å². The molecule has 0 spiro atoms. The van der Waals surface area contributed by atoms with Crippen LogP contribution in [0, 0.1) is 5.82 Å². The number of esters is 1. The Labute approximate surface area is 181 Å². The van der Waals surface area contributed by atoms with Crippen molar-refractivity contribution in [1.29, 1.82) is 0 Å². The van der Waals surface area contributed by atoms with E-state index in [-0.39, 0.29) is 35.1 Å². The number of ether oxygens (including phenoxy) is 1. The first-order valence-corrected chi connectivity index (χ1v) is 10.8. The highest BCUT2D eigenvalue weighted by molar-refractivity contribution is 7.12. The summed E-state index contributed by atoms with van der Waals surface area (Å²) in [5.74, 6) is -1.17. The summed E-state index contributed by atoms with van der Waals surface area (Å²) in [4.78, 5) is 38.3. The number of likely N-dealkylation sites (N-methyl/N-ethyl adjacent to an activating group) is 1. The maximum Gasteiger partial charge on any atom is 0.343 e. The molecule has 10 heteroatoms. The molecule has 1 fully saturated rings. The summed E-state index contributed by atoms with van der Waals surface area (Å²) in [5.41, 5.74) is 0.712. The molecule has 0 bridgehead atoms. The topological polar surface area (TPSA) is 80.6 Å². The van der Waals surface area contributed by atoms with Crippen LogP contribution in [0.3, 0.4) is 0 Å². The molecule has 8 nitrogen and oxygen atoms in total. The fraction of sp³-hybridized carbons (Fsp3) is 0.333. The van der Waals surface area contributed by atoms with Crippen molar-refractivity contribution < 1.29 is 13.9 Å². The molecule has 3 aromatic heterocycles. The van der Waals surface area contributed by atoms with E-state index in [0.717, 1.165) is 6.54 Å². The zero-order chi connectivity index (χ0) is 21.7. The molecule has 5 heterocycles. The largest absolute Gasteiger partial charge is 0.462 e. The lowest BCUT2D eigenvalue weighted by Crippen LogP contribution is -2.33. The molecule has 0 N–H and O–H groups in total. The summed E-state index contributed by atoms with van der Waals surface area (Å²) in [6, 6.07) is 1.41. The lowest BCUT2D eigenvalue weighted by atomic mass is 10.2. The van der Waals surface area contributed by atoms with Crippen LogP contribution in [0.15, 0.2) is 40.3 Å². The van der Waals surface area contributed by atoms with Gasteiger partial charge in [-0.2, -0.15) is 0 Å². The summed E-state index contributed by atoms with van der Waals surface area (Å²) in [6.45, 7) is 3.89. The average molecular weight is 441 g/mol. The zero-order valence-corrected chi connectivity index (χ0v) is 17.9. The van der Waals surface area contributed by atoms with Crippen molar-refractivity contribution in [2.45, 2.75) is 13.0 Å². The highest BCUT2D eigenvalue weighted by Gasteiger charge is 2.35. The number of halogens is 1. The number of anilines is 1. The number of rotatable bonds is 4. The number of thiazole rings is 1. The number of hydrogen-bond acceptors (Lipinski definition) is 8. The van der Waals surface area contributed by atoms with Crippen LogP contribution in [0.5, 0.6) is 0 Å². The Morgan fingerprint density at radius 1 is 1.42 bits per heavy atom. The Balaban J connectivity index is 1.69. The molecule has 31 heavy (non-hydrogen) atoms. The first-order valence-electron chi connectivity index (χ1n) is 9.95. The highest BCUT2D eigenvalue weighted by atomic mass is 32.1. The molecule has 0 amide bonds. The Morgan fingerprint density at radius 3 is 2.97 bits per heavy atom. The molecular weight excluding hydrogens is 421 g/mol. The van der Waals surface area contributed by atoms with Gasteiger partial charge in [0.25, 0.3) is 0 Å². The summed E-state index contributed by atoms with van der Waals surface area (Å²) in [5, 5.41) is 2.30. The Hall–Kier alpha value is -3.11. The SMILES string of the molecule is CCOC(=O)c1cn(-c2nccs2)c2nc(N3CC4=CCN(C)C4C3)c(F)cc2c1=O. The Kier molecular flexibility index (Phi) is 4.82. The molecule has 3 aromatic rings. The fourth-order valence-corrected chi connectivity index (χ4v) is 4.78. The first kappa shape index (κ1) is 19.8. The number of carbonyl (C=O) groups is 1. The molecule has 160 valence electrons. The predicted octanol–water partition coefficient (Wildman–Crippen LogP) is 2.22. The standard InChI is InChI=1S/C21H20FN5O3S/c1-3-30-20(29)14-10-27(21-23-5-7-31-21)18-13(17(14)28)8-15(22)19(24-18)26-9-12-4-6-25(2)16(12)11-26/h4-5,7-8,10,16H,3,6,9,11H2,1-2H3. The van der Waals surface area contributed by atoms with Gasteiger partial charge in [-0.3, -0.25) is 14.3 Å². The predicted molar refractivity (Wildman–Crippen MR) is 116 cm³/mol. The second-order valence-corrected chi connectivity index (χ2v) is 8.43. The van der Waals surface area contributed by atoms with Gasteiger partial charge in [-0.15, -0.1) is 11.3 Å². The van der Waals surface area contributed by atoms with Crippen molar-refractivity contribution in [3.8, 4) is 5.13 Å². The summed E-state index contributed by atoms with van der Waals surface area (Å²) in [6.07, 6.45) is 5.16. The highest BCUT2D eigenvalue weighted by Crippen LogP contribution is 2.31. The number of fused-ring (bicyclic) bond motifs is 2. The van der Waals surface area contributed by atoms with Gasteiger partial charge in [0.15, 0.2) is 22.4 Å². The van der Waals surface area contributed by atoms with Crippen LogP contribution >= 0.6 is 11.3 Å². The maximum absolute atomic E-state index is 15.2. The first-order chi connectivity index (χ1) is 15.0. The molecule has 2 aliphatic heterocycles. The van der Waals surface area contributed by atoms with Crippen molar-refractivity contribution in [1.82, 2.24) is 19.4 Å². The minimum Gasteiger partial charge on any atom is -0.462 e. The van der Waals surface area contributed by atoms with Gasteiger partial charge in [-0.05, 0) is 25.6 Å². The minimum atomic E-state index is -0.758. The molecule has 5 rings (SSSR count). The van der Waals surface area contributed by atoms with Gasteiger partial charge in [0, 0.05) is 37.4 Å². The Bertz CT molecular complexity index is 1270. The third-order valence-corrected chi connectivity index (χ3v) is 6.47. The molecular formula is C21H20FN5O3S. The quantitative estimate of drug-likeness (QED) is 0.454. The van der Waals surface area contributed by atoms with Crippen molar-refractivity contribution in [2.75, 3.05) is 38.2 Å². The maximum atomic E-state index is 15.2. The van der Waals surface area contributed by atoms with Gasteiger partial charge in [-0.25, -0.2) is 19.2 Å². The third kappa shape index (κ3) is 3.22. The van der Waals surface area contributed by atoms with Crippen LogP contribution in [-0.2, 0) is 4.74 Å². The molecule has 1 atom stereocenters. The minimum absolute atomic E-state index is 0.0118. The number of hydrogen-bond donors (Lipinski definition) is 0. The summed E-state index contributed by atoms with van der Waals surface area (Å²) >= 11 is 1.32. The molecule has 0 saturated carbocycles. The molecule has 0 radical (unpaired) electrons. The van der Waals surface area contributed by atoms with Gasteiger partial charge in [0.05, 0.1) is 18.0 Å². The van der Waals surface area contributed by atoms with Crippen molar-refractivity contribution in [2.24, 2.45) is 0 Å². The Morgan fingerprint density at radius 2 is 2.26 bits per heavy atom. The molecule has 0 aliphatic carbocycles. The molecule has 1 unspecified atom stereocenters. The van der Waals surface area contributed by atoms with Crippen LogP contribution in [0.1, 0.15) is 17.3 Å². The van der Waals surface area contributed by atoms with E-state index in [1.807, 2.05) is 11.9 Å². The lowest BCUT2D eigenvalue weighted by molar-refractivity contribution is 0.0524. The summed E-state index contributed by atoms with van der Waals surface area (Å²) < 4.78 is 21.7. The van der Waals surface area contributed by atoms with E-state index in [0.29, 0.717) is 18.2 Å². The number of carbonyl (C=O) groups excluding carboxylic acids is 1. The fourth-order valence-electron chi connectivity index (χ4n) is 4.16. The van der Waals surface area contributed by atoms with E-state index in [1.54, 1.807) is 23.1 Å². The van der Waals surface area contributed by atoms with Gasteiger partial charge >= 0.3 is 5.97 Å². The van der Waals surface area contributed by atoms with Crippen molar-refractivity contribution in [3.05, 3.63) is 57.1 Å². The third-order valence-electron chi connectivity index (χ3n) is 5.70. The van der Waals surface area contributed by atoms with Crippen LogP contribution < -0.4 is 10.3 Å². The van der Waals surface area contributed by atoms with E-state index in [9.17, 15) is 9.59 Å². The molecule has 2 aliphatic rings.